The number of nitriles is 1. The summed E-state index contributed by atoms with van der Waals surface area (Å²) in [4.78, 5) is 11.2. The number of carbonyl (C=O) groups is 1. The lowest BCUT2D eigenvalue weighted by molar-refractivity contribution is 0.0690. The molecule has 0 saturated heterocycles. The molecule has 1 N–H and O–H groups in total. The molecule has 106 valence electrons. The fraction of sp³-hybridized carbons (Fsp3) is 0.176. The van der Waals surface area contributed by atoms with Crippen LogP contribution >= 0.6 is 0 Å². The van der Waals surface area contributed by atoms with Crippen molar-refractivity contribution in [2.24, 2.45) is 0 Å². The molecule has 0 aromatic heterocycles. The molecule has 0 aliphatic heterocycles. The van der Waals surface area contributed by atoms with Crippen molar-refractivity contribution in [1.82, 2.24) is 0 Å². The third-order valence-corrected chi connectivity index (χ3v) is 2.90. The van der Waals surface area contributed by atoms with Crippen LogP contribution in [-0.4, -0.2) is 17.2 Å². The van der Waals surface area contributed by atoms with Gasteiger partial charge in [0.05, 0.1) is 17.7 Å². The second kappa shape index (κ2) is 6.10. The van der Waals surface area contributed by atoms with E-state index >= 15 is 0 Å². The summed E-state index contributed by atoms with van der Waals surface area (Å²) in [5.41, 5.74) is 2.34. The molecule has 0 bridgehead atoms. The van der Waals surface area contributed by atoms with E-state index in [0.717, 1.165) is 11.1 Å². The molecule has 0 unspecified atom stereocenters. The first kappa shape index (κ1) is 14.6. The molecule has 0 saturated carbocycles. The highest BCUT2D eigenvalue weighted by molar-refractivity contribution is 5.92. The van der Waals surface area contributed by atoms with E-state index in [1.807, 2.05) is 19.9 Å². The summed E-state index contributed by atoms with van der Waals surface area (Å²) in [5.74, 6) is -0.694. The van der Waals surface area contributed by atoms with Crippen LogP contribution in [0.2, 0.25) is 0 Å². The van der Waals surface area contributed by atoms with Crippen molar-refractivity contribution in [3.63, 3.8) is 0 Å². The van der Waals surface area contributed by atoms with Crippen molar-refractivity contribution < 1.29 is 14.6 Å². The molecular weight excluding hydrogens is 266 g/mol. The lowest BCUT2D eigenvalue weighted by atomic mass is 10.0. The molecule has 0 spiro atoms. The van der Waals surface area contributed by atoms with Gasteiger partial charge in [-0.25, -0.2) is 4.79 Å². The molecule has 0 aliphatic carbocycles. The van der Waals surface area contributed by atoms with E-state index in [2.05, 4.69) is 6.07 Å². The van der Waals surface area contributed by atoms with E-state index in [4.69, 9.17) is 10.00 Å². The number of carboxylic acid groups (broad SMARTS) is 1. The number of carboxylic acids is 1. The average molecular weight is 281 g/mol. The lowest BCUT2D eigenvalue weighted by Crippen LogP contribution is -2.10. The van der Waals surface area contributed by atoms with E-state index < -0.39 is 5.97 Å². The first-order valence-electron chi connectivity index (χ1n) is 6.56. The van der Waals surface area contributed by atoms with Crippen LogP contribution in [0.15, 0.2) is 42.5 Å². The van der Waals surface area contributed by atoms with Gasteiger partial charge in [-0.15, -0.1) is 0 Å². The normalized spacial score (nSPS) is 10.2. The zero-order valence-electron chi connectivity index (χ0n) is 11.8. The van der Waals surface area contributed by atoms with Crippen LogP contribution in [0.4, 0.5) is 0 Å². The Balaban J connectivity index is 2.50. The average Bonchev–Trinajstić information content (AvgIpc) is 2.46. The van der Waals surface area contributed by atoms with Crippen molar-refractivity contribution >= 4 is 5.97 Å². The highest BCUT2D eigenvalue weighted by atomic mass is 16.5. The summed E-state index contributed by atoms with van der Waals surface area (Å²) in [5, 5.41) is 18.1. The maximum absolute atomic E-state index is 11.2. The summed E-state index contributed by atoms with van der Waals surface area (Å²) in [6, 6.07) is 14.2. The fourth-order valence-electron chi connectivity index (χ4n) is 2.00. The number of benzene rings is 2. The molecule has 0 atom stereocenters. The molecule has 4 heteroatoms. The molecule has 0 amide bonds. The van der Waals surface area contributed by atoms with Crippen molar-refractivity contribution in [2.75, 3.05) is 0 Å². The Kier molecular flexibility index (Phi) is 4.24. The van der Waals surface area contributed by atoms with Gasteiger partial charge in [0.15, 0.2) is 0 Å². The van der Waals surface area contributed by atoms with Gasteiger partial charge in [0.2, 0.25) is 0 Å². The molecule has 0 aliphatic rings. The molecule has 2 aromatic rings. The minimum atomic E-state index is -1.03. The molecule has 2 rings (SSSR count). The quantitative estimate of drug-likeness (QED) is 0.927. The van der Waals surface area contributed by atoms with Crippen LogP contribution in [0.5, 0.6) is 5.75 Å². The van der Waals surface area contributed by atoms with Crippen LogP contribution in [0.3, 0.4) is 0 Å². The van der Waals surface area contributed by atoms with Crippen LogP contribution in [0.25, 0.3) is 11.1 Å². The number of nitrogens with zero attached hydrogens (tertiary/aromatic N) is 1. The standard InChI is InChI=1S/C17H15NO3/c1-11(2)21-16-9-14(6-7-15(16)17(19)20)13-5-3-4-12(8-13)10-18/h3-9,11H,1-2H3,(H,19,20). The van der Waals surface area contributed by atoms with Crippen molar-refractivity contribution in [3.8, 4) is 22.9 Å². The van der Waals surface area contributed by atoms with E-state index in [-0.39, 0.29) is 11.7 Å². The third kappa shape index (κ3) is 3.40. The Morgan fingerprint density at radius 2 is 1.90 bits per heavy atom. The Bertz CT molecular complexity index is 714. The summed E-state index contributed by atoms with van der Waals surface area (Å²) in [7, 11) is 0. The zero-order valence-corrected chi connectivity index (χ0v) is 11.8. The second-order valence-electron chi connectivity index (χ2n) is 4.88. The van der Waals surface area contributed by atoms with Crippen LogP contribution in [-0.2, 0) is 0 Å². The van der Waals surface area contributed by atoms with E-state index in [9.17, 15) is 9.90 Å². The SMILES string of the molecule is CC(C)Oc1cc(-c2cccc(C#N)c2)ccc1C(=O)O. The van der Waals surface area contributed by atoms with Gasteiger partial charge in [0, 0.05) is 0 Å². The monoisotopic (exact) mass is 281 g/mol. The van der Waals surface area contributed by atoms with Gasteiger partial charge >= 0.3 is 5.97 Å². The molecule has 0 fully saturated rings. The number of rotatable bonds is 4. The Labute approximate surface area is 123 Å². The topological polar surface area (TPSA) is 70.3 Å². The maximum Gasteiger partial charge on any atom is 0.339 e. The van der Waals surface area contributed by atoms with Crippen molar-refractivity contribution in [1.29, 1.82) is 5.26 Å². The number of hydrogen-bond acceptors (Lipinski definition) is 3. The largest absolute Gasteiger partial charge is 0.490 e. The molecule has 21 heavy (non-hydrogen) atoms. The van der Waals surface area contributed by atoms with Crippen molar-refractivity contribution in [3.05, 3.63) is 53.6 Å². The van der Waals surface area contributed by atoms with Crippen LogP contribution in [0, 0.1) is 11.3 Å². The molecule has 4 nitrogen and oxygen atoms in total. The summed E-state index contributed by atoms with van der Waals surface area (Å²) >= 11 is 0. The number of aromatic carboxylic acids is 1. The second-order valence-corrected chi connectivity index (χ2v) is 4.88. The first-order valence-corrected chi connectivity index (χ1v) is 6.56. The Morgan fingerprint density at radius 1 is 1.19 bits per heavy atom. The lowest BCUT2D eigenvalue weighted by Gasteiger charge is -2.14. The van der Waals surface area contributed by atoms with Gasteiger partial charge in [-0.3, -0.25) is 0 Å². The minimum Gasteiger partial charge on any atom is -0.490 e. The number of hydrogen-bond donors (Lipinski definition) is 1. The Morgan fingerprint density at radius 3 is 2.52 bits per heavy atom. The van der Waals surface area contributed by atoms with Gasteiger partial charge in [0.25, 0.3) is 0 Å². The fourth-order valence-corrected chi connectivity index (χ4v) is 2.00. The van der Waals surface area contributed by atoms with Gasteiger partial charge in [-0.1, -0.05) is 18.2 Å². The summed E-state index contributed by atoms with van der Waals surface area (Å²) in [6.45, 7) is 3.68. The number of ether oxygens (including phenoxy) is 1. The first-order chi connectivity index (χ1) is 10.0. The molecular formula is C17H15NO3. The van der Waals surface area contributed by atoms with Gasteiger partial charge < -0.3 is 9.84 Å². The van der Waals surface area contributed by atoms with Gasteiger partial charge in [-0.2, -0.15) is 5.26 Å². The molecule has 0 heterocycles. The molecule has 2 aromatic carbocycles. The van der Waals surface area contributed by atoms with Crippen LogP contribution < -0.4 is 4.74 Å². The highest BCUT2D eigenvalue weighted by Gasteiger charge is 2.14. The van der Waals surface area contributed by atoms with E-state index in [1.54, 1.807) is 30.3 Å². The Hall–Kier alpha value is -2.80. The summed E-state index contributed by atoms with van der Waals surface area (Å²) in [6.07, 6.45) is -0.121. The predicted octanol–water partition coefficient (Wildman–Crippen LogP) is 3.71. The highest BCUT2D eigenvalue weighted by Crippen LogP contribution is 2.28. The predicted molar refractivity (Wildman–Crippen MR) is 79.3 cm³/mol. The maximum atomic E-state index is 11.2. The smallest absolute Gasteiger partial charge is 0.339 e. The van der Waals surface area contributed by atoms with Gasteiger partial charge in [0.1, 0.15) is 11.3 Å². The van der Waals surface area contributed by atoms with E-state index in [0.29, 0.717) is 11.3 Å². The van der Waals surface area contributed by atoms with Gasteiger partial charge in [-0.05, 0) is 49.2 Å². The summed E-state index contributed by atoms with van der Waals surface area (Å²) < 4.78 is 5.58. The minimum absolute atomic E-state index is 0.121. The van der Waals surface area contributed by atoms with Crippen molar-refractivity contribution in [2.45, 2.75) is 20.0 Å². The third-order valence-electron chi connectivity index (χ3n) is 2.90. The van der Waals surface area contributed by atoms with Crippen LogP contribution in [0.1, 0.15) is 29.8 Å². The van der Waals surface area contributed by atoms with E-state index in [1.165, 1.54) is 6.07 Å². The zero-order chi connectivity index (χ0) is 15.4. The molecule has 0 radical (unpaired) electrons.